The first-order valence-electron chi connectivity index (χ1n) is 6.20. The van der Waals surface area contributed by atoms with Crippen molar-refractivity contribution >= 4 is 37.2 Å². The summed E-state index contributed by atoms with van der Waals surface area (Å²) in [6, 6.07) is 1.93. The SMILES string of the molecule is CCC(C)(C)CNC(=O)c1cc(Cl)cc(S(=O)(=O)Cl)c1F. The number of hydrogen-bond acceptors (Lipinski definition) is 3. The van der Waals surface area contributed by atoms with Crippen LogP contribution in [0.4, 0.5) is 4.39 Å². The lowest BCUT2D eigenvalue weighted by atomic mass is 9.90. The average Bonchev–Trinajstić information content (AvgIpc) is 2.37. The van der Waals surface area contributed by atoms with Crippen molar-refractivity contribution < 1.29 is 17.6 Å². The molecule has 0 saturated heterocycles. The van der Waals surface area contributed by atoms with Crippen LogP contribution < -0.4 is 5.32 Å². The average molecular weight is 356 g/mol. The number of halogens is 3. The highest BCUT2D eigenvalue weighted by Crippen LogP contribution is 2.26. The van der Waals surface area contributed by atoms with Crippen LogP contribution in [-0.4, -0.2) is 20.9 Å². The van der Waals surface area contributed by atoms with Crippen molar-refractivity contribution in [3.8, 4) is 0 Å². The molecule has 1 aromatic carbocycles. The third-order valence-electron chi connectivity index (χ3n) is 3.20. The lowest BCUT2D eigenvalue weighted by Gasteiger charge is -2.23. The fourth-order valence-electron chi connectivity index (χ4n) is 1.45. The van der Waals surface area contributed by atoms with Crippen LogP contribution in [0.1, 0.15) is 37.6 Å². The van der Waals surface area contributed by atoms with Crippen LogP contribution in [0, 0.1) is 11.2 Å². The van der Waals surface area contributed by atoms with Crippen molar-refractivity contribution in [2.75, 3.05) is 6.54 Å². The Morgan fingerprint density at radius 2 is 1.95 bits per heavy atom. The summed E-state index contributed by atoms with van der Waals surface area (Å²) in [5.41, 5.74) is -0.611. The second kappa shape index (κ2) is 6.50. The van der Waals surface area contributed by atoms with E-state index in [1.807, 2.05) is 20.8 Å². The van der Waals surface area contributed by atoms with Gasteiger partial charge in [-0.15, -0.1) is 0 Å². The summed E-state index contributed by atoms with van der Waals surface area (Å²) in [6.45, 7) is 6.16. The third kappa shape index (κ3) is 4.83. The summed E-state index contributed by atoms with van der Waals surface area (Å²) in [7, 11) is 0.799. The maximum absolute atomic E-state index is 14.1. The first-order chi connectivity index (χ1) is 9.48. The predicted octanol–water partition coefficient (Wildman–Crippen LogP) is 3.57. The molecule has 0 unspecified atom stereocenters. The number of carbonyl (C=O) groups is 1. The van der Waals surface area contributed by atoms with Crippen LogP contribution in [0.3, 0.4) is 0 Å². The topological polar surface area (TPSA) is 63.2 Å². The Morgan fingerprint density at radius 1 is 1.38 bits per heavy atom. The first kappa shape index (κ1) is 18.2. The van der Waals surface area contributed by atoms with E-state index in [4.69, 9.17) is 22.3 Å². The van der Waals surface area contributed by atoms with Gasteiger partial charge in [-0.1, -0.05) is 32.4 Å². The van der Waals surface area contributed by atoms with Gasteiger partial charge in [0.2, 0.25) is 0 Å². The number of carbonyl (C=O) groups excluding carboxylic acids is 1. The lowest BCUT2D eigenvalue weighted by molar-refractivity contribution is 0.0931. The normalized spacial score (nSPS) is 12.3. The monoisotopic (exact) mass is 355 g/mol. The maximum atomic E-state index is 14.1. The molecule has 4 nitrogen and oxygen atoms in total. The highest BCUT2D eigenvalue weighted by molar-refractivity contribution is 8.13. The summed E-state index contributed by atoms with van der Waals surface area (Å²) < 4.78 is 36.7. The van der Waals surface area contributed by atoms with Gasteiger partial charge in [0.05, 0.1) is 5.56 Å². The van der Waals surface area contributed by atoms with E-state index in [9.17, 15) is 17.6 Å². The Kier molecular flexibility index (Phi) is 5.63. The van der Waals surface area contributed by atoms with Gasteiger partial charge in [-0.05, 0) is 24.0 Å². The van der Waals surface area contributed by atoms with Crippen molar-refractivity contribution in [3.05, 3.63) is 28.5 Å². The molecule has 1 aromatic rings. The van der Waals surface area contributed by atoms with Crippen LogP contribution in [-0.2, 0) is 9.05 Å². The van der Waals surface area contributed by atoms with Gasteiger partial charge in [-0.2, -0.15) is 0 Å². The maximum Gasteiger partial charge on any atom is 0.264 e. The molecule has 0 aliphatic carbocycles. The molecule has 21 heavy (non-hydrogen) atoms. The van der Waals surface area contributed by atoms with Gasteiger partial charge >= 0.3 is 0 Å². The Bertz CT molecular complexity index is 660. The summed E-state index contributed by atoms with van der Waals surface area (Å²) in [6.07, 6.45) is 0.812. The molecule has 0 spiro atoms. The van der Waals surface area contributed by atoms with Gasteiger partial charge in [0, 0.05) is 22.2 Å². The van der Waals surface area contributed by atoms with Gasteiger partial charge in [-0.25, -0.2) is 12.8 Å². The molecule has 0 fully saturated rings. The van der Waals surface area contributed by atoms with Gasteiger partial charge in [0.1, 0.15) is 4.90 Å². The Labute approximate surface area is 133 Å². The molecule has 0 atom stereocenters. The molecule has 0 saturated carbocycles. The van der Waals surface area contributed by atoms with E-state index in [0.29, 0.717) is 6.54 Å². The molecular formula is C13H16Cl2FNO3S. The number of hydrogen-bond donors (Lipinski definition) is 1. The van der Waals surface area contributed by atoms with E-state index in [0.717, 1.165) is 18.6 Å². The van der Waals surface area contributed by atoms with E-state index in [1.54, 1.807) is 0 Å². The molecule has 0 heterocycles. The Hall–Kier alpha value is -0.850. The zero-order valence-electron chi connectivity index (χ0n) is 11.8. The van der Waals surface area contributed by atoms with Gasteiger partial charge < -0.3 is 5.32 Å². The van der Waals surface area contributed by atoms with E-state index in [-0.39, 0.29) is 10.4 Å². The van der Waals surface area contributed by atoms with Crippen LogP contribution in [0.5, 0.6) is 0 Å². The van der Waals surface area contributed by atoms with Crippen molar-refractivity contribution in [2.24, 2.45) is 5.41 Å². The summed E-state index contributed by atoms with van der Waals surface area (Å²) in [4.78, 5) is 11.2. The molecule has 0 bridgehead atoms. The third-order valence-corrected chi connectivity index (χ3v) is 4.74. The molecule has 1 N–H and O–H groups in total. The van der Waals surface area contributed by atoms with Crippen LogP contribution >= 0.6 is 22.3 Å². The van der Waals surface area contributed by atoms with Crippen molar-refractivity contribution in [3.63, 3.8) is 0 Å². The second-order valence-corrected chi connectivity index (χ2v) is 8.37. The lowest BCUT2D eigenvalue weighted by Crippen LogP contribution is -2.34. The van der Waals surface area contributed by atoms with Crippen LogP contribution in [0.15, 0.2) is 17.0 Å². The number of amides is 1. The minimum absolute atomic E-state index is 0.0875. The highest BCUT2D eigenvalue weighted by atomic mass is 35.7. The number of benzene rings is 1. The van der Waals surface area contributed by atoms with Crippen molar-refractivity contribution in [1.29, 1.82) is 0 Å². The second-order valence-electron chi connectivity index (χ2n) is 5.40. The molecule has 0 aromatic heterocycles. The number of nitrogens with one attached hydrogen (secondary N) is 1. The quantitative estimate of drug-likeness (QED) is 0.821. The molecule has 1 amide bonds. The standard InChI is InChI=1S/C13H16Cl2FNO3S/c1-4-13(2,3)7-17-12(18)9-5-8(14)6-10(11(9)16)21(15,19)20/h5-6H,4,7H2,1-3H3,(H,17,18). The molecule has 0 radical (unpaired) electrons. The Morgan fingerprint density at radius 3 is 2.43 bits per heavy atom. The van der Waals surface area contributed by atoms with Crippen LogP contribution in [0.2, 0.25) is 5.02 Å². The summed E-state index contributed by atoms with van der Waals surface area (Å²) >= 11 is 5.72. The molecule has 118 valence electrons. The van der Waals surface area contributed by atoms with E-state index in [2.05, 4.69) is 5.32 Å². The predicted molar refractivity (Wildman–Crippen MR) is 80.9 cm³/mol. The minimum atomic E-state index is -4.33. The zero-order valence-corrected chi connectivity index (χ0v) is 14.2. The largest absolute Gasteiger partial charge is 0.351 e. The first-order valence-corrected chi connectivity index (χ1v) is 8.88. The molecular weight excluding hydrogens is 340 g/mol. The van der Waals surface area contributed by atoms with E-state index < -0.39 is 31.2 Å². The van der Waals surface area contributed by atoms with E-state index in [1.165, 1.54) is 0 Å². The molecule has 1 rings (SSSR count). The fraction of sp³-hybridized carbons (Fsp3) is 0.462. The zero-order chi connectivity index (χ0) is 16.4. The van der Waals surface area contributed by atoms with Crippen molar-refractivity contribution in [1.82, 2.24) is 5.32 Å². The van der Waals surface area contributed by atoms with Crippen molar-refractivity contribution in [2.45, 2.75) is 32.1 Å². The molecule has 0 aliphatic heterocycles. The molecule has 0 aliphatic rings. The minimum Gasteiger partial charge on any atom is -0.351 e. The van der Waals surface area contributed by atoms with Crippen LogP contribution in [0.25, 0.3) is 0 Å². The van der Waals surface area contributed by atoms with Gasteiger partial charge in [0.25, 0.3) is 15.0 Å². The summed E-state index contributed by atoms with van der Waals surface area (Å²) in [5, 5.41) is 2.47. The summed E-state index contributed by atoms with van der Waals surface area (Å²) in [5.74, 6) is -1.95. The highest BCUT2D eigenvalue weighted by Gasteiger charge is 2.25. The Balaban J connectivity index is 3.14. The van der Waals surface area contributed by atoms with E-state index >= 15 is 0 Å². The fourth-order valence-corrected chi connectivity index (χ4v) is 2.66. The molecule has 8 heteroatoms. The van der Waals surface area contributed by atoms with Gasteiger partial charge in [-0.3, -0.25) is 4.79 Å². The smallest absolute Gasteiger partial charge is 0.264 e. The number of rotatable bonds is 5. The van der Waals surface area contributed by atoms with Gasteiger partial charge in [0.15, 0.2) is 5.82 Å².